The summed E-state index contributed by atoms with van der Waals surface area (Å²) in [5.41, 5.74) is -0.171. The van der Waals surface area contributed by atoms with Crippen molar-refractivity contribution in [1.29, 1.82) is 0 Å². The summed E-state index contributed by atoms with van der Waals surface area (Å²) in [6, 6.07) is 3.02. The fraction of sp³-hybridized carbons (Fsp3) is 0.462. The Morgan fingerprint density at radius 3 is 2.76 bits per heavy atom. The lowest BCUT2D eigenvalue weighted by atomic mass is 10.1. The van der Waals surface area contributed by atoms with E-state index in [2.05, 4.69) is 0 Å². The summed E-state index contributed by atoms with van der Waals surface area (Å²) in [6.07, 6.45) is 1.57. The van der Waals surface area contributed by atoms with Crippen LogP contribution < -0.4 is 0 Å². The molecule has 2 rings (SSSR count). The van der Waals surface area contributed by atoms with Crippen LogP contribution in [-0.4, -0.2) is 45.5 Å². The highest BCUT2D eigenvalue weighted by molar-refractivity contribution is 8.13. The van der Waals surface area contributed by atoms with E-state index in [9.17, 15) is 17.6 Å². The number of methoxy groups -OCH3 is 1. The Hall–Kier alpha value is -1.18. The van der Waals surface area contributed by atoms with Crippen molar-refractivity contribution in [3.8, 4) is 0 Å². The number of ether oxygens (including phenoxy) is 1. The van der Waals surface area contributed by atoms with Gasteiger partial charge in [0, 0.05) is 30.9 Å². The van der Waals surface area contributed by atoms with Gasteiger partial charge >= 0.3 is 0 Å². The topological polar surface area (TPSA) is 63.7 Å². The summed E-state index contributed by atoms with van der Waals surface area (Å²) in [5, 5.41) is 0. The third kappa shape index (κ3) is 3.72. The van der Waals surface area contributed by atoms with Crippen LogP contribution in [0.2, 0.25) is 0 Å². The van der Waals surface area contributed by atoms with Gasteiger partial charge in [-0.2, -0.15) is 0 Å². The zero-order valence-corrected chi connectivity index (χ0v) is 13.0. The van der Waals surface area contributed by atoms with E-state index in [1.165, 1.54) is 4.90 Å². The lowest BCUT2D eigenvalue weighted by Crippen LogP contribution is -2.43. The molecular formula is C13H15ClFNO4S. The van der Waals surface area contributed by atoms with Crippen LogP contribution in [0.4, 0.5) is 4.39 Å². The van der Waals surface area contributed by atoms with Crippen molar-refractivity contribution in [2.24, 2.45) is 0 Å². The number of likely N-dealkylation sites (tertiary alicyclic amines) is 1. The van der Waals surface area contributed by atoms with E-state index < -0.39 is 20.8 Å². The molecule has 1 aromatic rings. The highest BCUT2D eigenvalue weighted by Crippen LogP contribution is 2.21. The molecule has 21 heavy (non-hydrogen) atoms. The molecule has 0 N–H and O–H groups in total. The minimum atomic E-state index is -4.02. The minimum Gasteiger partial charge on any atom is -0.380 e. The van der Waals surface area contributed by atoms with Crippen LogP contribution in [-0.2, 0) is 13.8 Å². The number of rotatable bonds is 3. The largest absolute Gasteiger partial charge is 0.380 e. The summed E-state index contributed by atoms with van der Waals surface area (Å²) >= 11 is 0. The first kappa shape index (κ1) is 16.2. The first-order chi connectivity index (χ1) is 9.82. The first-order valence-electron chi connectivity index (χ1n) is 6.39. The van der Waals surface area contributed by atoms with Crippen molar-refractivity contribution < 1.29 is 22.3 Å². The van der Waals surface area contributed by atoms with E-state index in [1.54, 1.807) is 7.11 Å². The van der Waals surface area contributed by atoms with Gasteiger partial charge < -0.3 is 9.64 Å². The van der Waals surface area contributed by atoms with Crippen LogP contribution in [0.5, 0.6) is 0 Å². The molecule has 1 saturated heterocycles. The van der Waals surface area contributed by atoms with Crippen LogP contribution in [0.3, 0.4) is 0 Å². The van der Waals surface area contributed by atoms with Crippen molar-refractivity contribution in [1.82, 2.24) is 4.90 Å². The summed E-state index contributed by atoms with van der Waals surface area (Å²) < 4.78 is 41.5. The number of nitrogens with zero attached hydrogens (tertiary/aromatic N) is 1. The van der Waals surface area contributed by atoms with Gasteiger partial charge in [0.2, 0.25) is 0 Å². The Morgan fingerprint density at radius 1 is 1.48 bits per heavy atom. The molecule has 1 amide bonds. The van der Waals surface area contributed by atoms with Crippen molar-refractivity contribution in [2.45, 2.75) is 23.8 Å². The monoisotopic (exact) mass is 335 g/mol. The standard InChI is InChI=1S/C13H15ClFNO4S/c1-20-9-3-2-6-16(8-9)13(17)11-5-4-10(7-12(11)15)21(14,18)19/h4-5,7,9H,2-3,6,8H2,1H3. The van der Waals surface area contributed by atoms with Gasteiger partial charge in [-0.1, -0.05) is 0 Å². The maximum Gasteiger partial charge on any atom is 0.261 e. The van der Waals surface area contributed by atoms with E-state index in [-0.39, 0.29) is 16.6 Å². The molecule has 0 aliphatic carbocycles. The molecule has 0 radical (unpaired) electrons. The Bertz CT molecular complexity index is 650. The van der Waals surface area contributed by atoms with Crippen molar-refractivity contribution >= 4 is 25.6 Å². The van der Waals surface area contributed by atoms with Crippen molar-refractivity contribution in [3.63, 3.8) is 0 Å². The SMILES string of the molecule is COC1CCCN(C(=O)c2ccc(S(=O)(=O)Cl)cc2F)C1. The number of carbonyl (C=O) groups excluding carboxylic acids is 1. The second-order valence-corrected chi connectivity index (χ2v) is 7.40. The number of hydrogen-bond acceptors (Lipinski definition) is 4. The number of benzene rings is 1. The minimum absolute atomic E-state index is 0.0618. The Kier molecular flexibility index (Phi) is 4.85. The van der Waals surface area contributed by atoms with Crippen LogP contribution in [0.1, 0.15) is 23.2 Å². The maximum atomic E-state index is 14.0. The second kappa shape index (κ2) is 6.29. The molecule has 0 bridgehead atoms. The molecule has 1 unspecified atom stereocenters. The van der Waals surface area contributed by atoms with Crippen molar-refractivity contribution in [2.75, 3.05) is 20.2 Å². The molecule has 0 spiro atoms. The summed E-state index contributed by atoms with van der Waals surface area (Å²) in [6.45, 7) is 0.915. The van der Waals surface area contributed by atoms with E-state index in [0.29, 0.717) is 13.1 Å². The zero-order chi connectivity index (χ0) is 15.6. The molecule has 8 heteroatoms. The maximum absolute atomic E-state index is 14.0. The normalized spacial score (nSPS) is 19.6. The first-order valence-corrected chi connectivity index (χ1v) is 8.70. The fourth-order valence-electron chi connectivity index (χ4n) is 2.31. The number of hydrogen-bond donors (Lipinski definition) is 0. The van der Waals surface area contributed by atoms with Crippen LogP contribution in [0.15, 0.2) is 23.1 Å². The Balaban J connectivity index is 2.23. The summed E-state index contributed by atoms with van der Waals surface area (Å²) in [7, 11) is 2.69. The van der Waals surface area contributed by atoms with Crippen LogP contribution in [0, 0.1) is 5.82 Å². The predicted octanol–water partition coefficient (Wildman–Crippen LogP) is 2.00. The molecular weight excluding hydrogens is 321 g/mol. The molecule has 1 aliphatic rings. The summed E-state index contributed by atoms with van der Waals surface area (Å²) in [4.78, 5) is 13.4. The fourth-order valence-corrected chi connectivity index (χ4v) is 3.07. The van der Waals surface area contributed by atoms with Gasteiger partial charge in [0.25, 0.3) is 15.0 Å². The predicted molar refractivity (Wildman–Crippen MR) is 75.4 cm³/mol. The van der Waals surface area contributed by atoms with E-state index in [0.717, 1.165) is 31.0 Å². The van der Waals surface area contributed by atoms with Crippen LogP contribution >= 0.6 is 10.7 Å². The highest BCUT2D eigenvalue weighted by atomic mass is 35.7. The molecule has 116 valence electrons. The second-order valence-electron chi connectivity index (χ2n) is 4.83. The Morgan fingerprint density at radius 2 is 2.19 bits per heavy atom. The molecule has 1 aromatic carbocycles. The molecule has 5 nitrogen and oxygen atoms in total. The van der Waals surface area contributed by atoms with E-state index >= 15 is 0 Å². The quantitative estimate of drug-likeness (QED) is 0.793. The van der Waals surface area contributed by atoms with Crippen molar-refractivity contribution in [3.05, 3.63) is 29.6 Å². The van der Waals surface area contributed by atoms with Gasteiger partial charge in [0.05, 0.1) is 16.6 Å². The van der Waals surface area contributed by atoms with Gasteiger partial charge in [-0.15, -0.1) is 0 Å². The molecule has 1 atom stereocenters. The molecule has 0 aromatic heterocycles. The average Bonchev–Trinajstić information content (AvgIpc) is 2.45. The number of carbonyl (C=O) groups is 1. The van der Waals surface area contributed by atoms with E-state index in [1.807, 2.05) is 0 Å². The third-order valence-corrected chi connectivity index (χ3v) is 4.80. The van der Waals surface area contributed by atoms with Gasteiger partial charge in [0.15, 0.2) is 0 Å². The molecule has 1 heterocycles. The zero-order valence-electron chi connectivity index (χ0n) is 11.4. The van der Waals surface area contributed by atoms with Crippen LogP contribution in [0.25, 0.3) is 0 Å². The summed E-state index contributed by atoms with van der Waals surface area (Å²) in [5.74, 6) is -1.38. The van der Waals surface area contributed by atoms with Gasteiger partial charge in [-0.05, 0) is 31.0 Å². The van der Waals surface area contributed by atoms with Gasteiger partial charge in [-0.3, -0.25) is 4.79 Å². The van der Waals surface area contributed by atoms with E-state index in [4.69, 9.17) is 15.4 Å². The number of amides is 1. The lowest BCUT2D eigenvalue weighted by molar-refractivity contribution is 0.0266. The number of piperidine rings is 1. The average molecular weight is 336 g/mol. The number of halogens is 2. The molecule has 1 fully saturated rings. The molecule has 0 saturated carbocycles. The lowest BCUT2D eigenvalue weighted by Gasteiger charge is -2.32. The molecule has 1 aliphatic heterocycles. The third-order valence-electron chi connectivity index (χ3n) is 3.45. The Labute approximate surface area is 127 Å². The van der Waals surface area contributed by atoms with Gasteiger partial charge in [-0.25, -0.2) is 12.8 Å². The van der Waals surface area contributed by atoms with Gasteiger partial charge in [0.1, 0.15) is 5.82 Å². The highest BCUT2D eigenvalue weighted by Gasteiger charge is 2.26. The smallest absolute Gasteiger partial charge is 0.261 e.